The molecule has 0 amide bonds. The van der Waals surface area contributed by atoms with Crippen LogP contribution in [0.25, 0.3) is 39.3 Å². The van der Waals surface area contributed by atoms with Gasteiger partial charge in [0.15, 0.2) is 11.3 Å². The highest BCUT2D eigenvalue weighted by molar-refractivity contribution is 5.86. The molecule has 2 aliphatic rings. The Labute approximate surface area is 219 Å². The van der Waals surface area contributed by atoms with Gasteiger partial charge < -0.3 is 20.5 Å². The Morgan fingerprint density at radius 3 is 2.24 bits per heavy atom. The molecule has 1 aliphatic carbocycles. The normalized spacial score (nSPS) is 23.6. The van der Waals surface area contributed by atoms with Gasteiger partial charge in [-0.05, 0) is 37.5 Å². The molecule has 2 aromatic carbocycles. The first-order valence-corrected chi connectivity index (χ1v) is 13.0. The number of hydrogen-bond donors (Lipinski definition) is 2. The van der Waals surface area contributed by atoms with E-state index >= 15 is 0 Å². The van der Waals surface area contributed by atoms with E-state index in [0.29, 0.717) is 31.7 Å². The number of aromatic nitrogens is 5. The summed E-state index contributed by atoms with van der Waals surface area (Å²) in [5.74, 6) is 0.754. The fourth-order valence-corrected chi connectivity index (χ4v) is 5.91. The lowest BCUT2D eigenvalue weighted by Gasteiger charge is -2.49. The molecule has 3 N–H and O–H groups in total. The molecular weight excluding hydrogens is 478 g/mol. The highest BCUT2D eigenvalue weighted by atomic mass is 16.5. The summed E-state index contributed by atoms with van der Waals surface area (Å²) >= 11 is 0. The van der Waals surface area contributed by atoms with Crippen molar-refractivity contribution in [2.24, 2.45) is 5.73 Å². The van der Waals surface area contributed by atoms with Crippen molar-refractivity contribution in [3.63, 3.8) is 0 Å². The summed E-state index contributed by atoms with van der Waals surface area (Å²) in [6.07, 6.45) is 1.09. The Hall–Kier alpha value is -3.92. The SMILES string of the molecule is C[C@]1(O)C[C@](N)(c2ccc(-c3nc4ccc5nnc(N6CCOCC6)n5c4nc3-c3ccccc3)cc2)C1. The molecule has 192 valence electrons. The van der Waals surface area contributed by atoms with Crippen molar-refractivity contribution in [1.82, 2.24) is 24.6 Å². The maximum absolute atomic E-state index is 10.2. The lowest BCUT2D eigenvalue weighted by Crippen LogP contribution is -2.58. The van der Waals surface area contributed by atoms with Crippen LogP contribution in [0.15, 0.2) is 66.7 Å². The van der Waals surface area contributed by atoms with E-state index in [9.17, 15) is 5.11 Å². The highest BCUT2D eigenvalue weighted by Gasteiger charge is 2.49. The van der Waals surface area contributed by atoms with Crippen LogP contribution in [0.5, 0.6) is 0 Å². The van der Waals surface area contributed by atoms with Crippen LogP contribution >= 0.6 is 0 Å². The van der Waals surface area contributed by atoms with Gasteiger partial charge in [-0.15, -0.1) is 10.2 Å². The first-order chi connectivity index (χ1) is 18.4. The second-order valence-corrected chi connectivity index (χ2v) is 10.7. The molecule has 2 fully saturated rings. The van der Waals surface area contributed by atoms with Crippen LogP contribution in [0.2, 0.25) is 0 Å². The van der Waals surface area contributed by atoms with Crippen LogP contribution in [-0.2, 0) is 10.3 Å². The first kappa shape index (κ1) is 23.2. The molecule has 9 heteroatoms. The maximum Gasteiger partial charge on any atom is 0.233 e. The van der Waals surface area contributed by atoms with Crippen LogP contribution in [0, 0.1) is 0 Å². The van der Waals surface area contributed by atoms with Crippen molar-refractivity contribution >= 4 is 22.8 Å². The molecule has 38 heavy (non-hydrogen) atoms. The van der Waals surface area contributed by atoms with Crippen molar-refractivity contribution in [1.29, 1.82) is 0 Å². The highest BCUT2D eigenvalue weighted by Crippen LogP contribution is 2.46. The Balaban J connectivity index is 1.39. The number of hydrogen-bond acceptors (Lipinski definition) is 8. The quantitative estimate of drug-likeness (QED) is 0.380. The summed E-state index contributed by atoms with van der Waals surface area (Å²) in [6.45, 7) is 4.64. The molecule has 1 saturated heterocycles. The summed E-state index contributed by atoms with van der Waals surface area (Å²) in [6, 6.07) is 22.2. The summed E-state index contributed by atoms with van der Waals surface area (Å²) in [5, 5.41) is 19.2. The monoisotopic (exact) mass is 507 g/mol. The third kappa shape index (κ3) is 3.82. The molecule has 5 aromatic rings. The number of morpholine rings is 1. The largest absolute Gasteiger partial charge is 0.390 e. The minimum atomic E-state index is -0.703. The van der Waals surface area contributed by atoms with Crippen molar-refractivity contribution in [3.8, 4) is 22.5 Å². The predicted molar refractivity (Wildman–Crippen MR) is 146 cm³/mol. The fraction of sp³-hybridized carbons (Fsp3) is 0.310. The van der Waals surface area contributed by atoms with Gasteiger partial charge in [-0.2, -0.15) is 0 Å². The van der Waals surface area contributed by atoms with Crippen molar-refractivity contribution in [2.45, 2.75) is 30.9 Å². The molecule has 0 atom stereocenters. The minimum absolute atomic E-state index is 0.505. The molecule has 3 aromatic heterocycles. The van der Waals surface area contributed by atoms with Crippen LogP contribution in [0.3, 0.4) is 0 Å². The minimum Gasteiger partial charge on any atom is -0.390 e. The molecule has 0 unspecified atom stereocenters. The van der Waals surface area contributed by atoms with E-state index in [1.807, 2.05) is 65.9 Å². The number of nitrogens with two attached hydrogens (primary N) is 1. The third-order valence-electron chi connectivity index (χ3n) is 7.64. The molecule has 7 rings (SSSR count). The number of fused-ring (bicyclic) bond motifs is 3. The number of anilines is 1. The summed E-state index contributed by atoms with van der Waals surface area (Å²) < 4.78 is 7.54. The lowest BCUT2D eigenvalue weighted by atomic mass is 9.63. The van der Waals surface area contributed by atoms with Crippen molar-refractivity contribution in [2.75, 3.05) is 31.2 Å². The van der Waals surface area contributed by atoms with Gasteiger partial charge in [0.2, 0.25) is 5.95 Å². The zero-order valence-electron chi connectivity index (χ0n) is 21.2. The van der Waals surface area contributed by atoms with Crippen molar-refractivity contribution < 1.29 is 9.84 Å². The smallest absolute Gasteiger partial charge is 0.233 e. The van der Waals surface area contributed by atoms with Crippen LogP contribution in [0.1, 0.15) is 25.3 Å². The topological polar surface area (TPSA) is 115 Å². The molecular formula is C29H29N7O2. The second kappa shape index (κ2) is 8.56. The average Bonchev–Trinajstić information content (AvgIpc) is 3.37. The number of rotatable bonds is 4. The van der Waals surface area contributed by atoms with E-state index in [2.05, 4.69) is 27.2 Å². The number of pyridine rings is 1. The van der Waals surface area contributed by atoms with E-state index in [4.69, 9.17) is 20.4 Å². The Kier molecular flexibility index (Phi) is 5.23. The van der Waals surface area contributed by atoms with Gasteiger partial charge >= 0.3 is 0 Å². The molecule has 0 spiro atoms. The van der Waals surface area contributed by atoms with E-state index in [1.54, 1.807) is 0 Å². The number of benzene rings is 2. The molecule has 0 bridgehead atoms. The standard InChI is InChI=1S/C29H29N7O2/c1-28(37)17-29(30,18-28)21-9-7-20(8-10-21)24-25(19-5-3-2-4-6-19)32-26-22(31-24)11-12-23-33-34-27(36(23)26)35-13-15-38-16-14-35/h2-12,37H,13-18,30H2,1H3/t28-,29+. The van der Waals surface area contributed by atoms with E-state index in [0.717, 1.165) is 58.3 Å². The first-order valence-electron chi connectivity index (χ1n) is 13.0. The van der Waals surface area contributed by atoms with Gasteiger partial charge in [-0.1, -0.05) is 54.6 Å². The van der Waals surface area contributed by atoms with Gasteiger partial charge in [0.05, 0.1) is 30.2 Å². The second-order valence-electron chi connectivity index (χ2n) is 10.7. The Bertz CT molecular complexity index is 1630. The summed E-state index contributed by atoms with van der Waals surface area (Å²) in [7, 11) is 0. The van der Waals surface area contributed by atoms with Crippen LogP contribution in [-0.4, -0.2) is 61.6 Å². The molecule has 0 radical (unpaired) electrons. The van der Waals surface area contributed by atoms with Crippen LogP contribution < -0.4 is 10.6 Å². The number of ether oxygens (including phenoxy) is 1. The fourth-order valence-electron chi connectivity index (χ4n) is 5.91. The van der Waals surface area contributed by atoms with Gasteiger partial charge in [0.1, 0.15) is 5.52 Å². The number of nitrogens with zero attached hydrogens (tertiary/aromatic N) is 6. The van der Waals surface area contributed by atoms with Gasteiger partial charge in [-0.3, -0.25) is 0 Å². The van der Waals surface area contributed by atoms with Crippen LogP contribution in [0.4, 0.5) is 5.95 Å². The average molecular weight is 508 g/mol. The summed E-state index contributed by atoms with van der Waals surface area (Å²) in [5.41, 5.74) is 12.1. The van der Waals surface area contributed by atoms with Crippen molar-refractivity contribution in [3.05, 3.63) is 72.3 Å². The van der Waals surface area contributed by atoms with E-state index < -0.39 is 11.1 Å². The van der Waals surface area contributed by atoms with Gasteiger partial charge in [0.25, 0.3) is 0 Å². The predicted octanol–water partition coefficient (Wildman–Crippen LogP) is 3.54. The van der Waals surface area contributed by atoms with Gasteiger partial charge in [0, 0.05) is 29.8 Å². The Morgan fingerprint density at radius 1 is 0.842 bits per heavy atom. The van der Waals surface area contributed by atoms with E-state index in [1.165, 1.54) is 0 Å². The van der Waals surface area contributed by atoms with Gasteiger partial charge in [-0.25, -0.2) is 14.4 Å². The Morgan fingerprint density at radius 2 is 1.53 bits per heavy atom. The molecule has 9 nitrogen and oxygen atoms in total. The zero-order valence-corrected chi connectivity index (χ0v) is 21.2. The maximum atomic E-state index is 10.2. The third-order valence-corrected chi connectivity index (χ3v) is 7.64. The zero-order chi connectivity index (χ0) is 25.9. The number of aliphatic hydroxyl groups is 1. The molecule has 4 heterocycles. The molecule has 1 aliphatic heterocycles. The molecule has 1 saturated carbocycles. The van der Waals surface area contributed by atoms with E-state index in [-0.39, 0.29) is 0 Å². The summed E-state index contributed by atoms with van der Waals surface area (Å²) in [4.78, 5) is 12.5. The lowest BCUT2D eigenvalue weighted by molar-refractivity contribution is -0.0738.